The van der Waals surface area contributed by atoms with Gasteiger partial charge in [0.1, 0.15) is 17.5 Å². The summed E-state index contributed by atoms with van der Waals surface area (Å²) < 4.78 is 15.6. The zero-order valence-electron chi connectivity index (χ0n) is 15.2. The van der Waals surface area contributed by atoms with Crippen molar-refractivity contribution in [3.63, 3.8) is 0 Å². The van der Waals surface area contributed by atoms with Crippen molar-refractivity contribution >= 4 is 16.9 Å². The summed E-state index contributed by atoms with van der Waals surface area (Å²) in [7, 11) is 0. The standard InChI is InChI=1S/C20H16FN5O2/c1-12-7-13(2)9-14(8-12)19(27)24-25-11-22-18-17(20(25)28)10-23-26(18)16-5-3-15(21)4-6-16/h3-11H,1-2H3,(H,24,27). The Hall–Kier alpha value is -3.81. The first-order valence-corrected chi connectivity index (χ1v) is 8.53. The summed E-state index contributed by atoms with van der Waals surface area (Å²) in [6.07, 6.45) is 2.60. The first kappa shape index (κ1) is 17.6. The molecule has 0 saturated heterocycles. The first-order valence-electron chi connectivity index (χ1n) is 8.53. The molecule has 0 atom stereocenters. The first-order chi connectivity index (χ1) is 13.4. The predicted molar refractivity (Wildman–Crippen MR) is 103 cm³/mol. The fourth-order valence-electron chi connectivity index (χ4n) is 3.04. The lowest BCUT2D eigenvalue weighted by Gasteiger charge is -2.09. The number of hydrogen-bond donors (Lipinski definition) is 1. The third-order valence-corrected chi connectivity index (χ3v) is 4.27. The molecule has 2 aromatic heterocycles. The van der Waals surface area contributed by atoms with E-state index in [1.807, 2.05) is 19.9 Å². The fraction of sp³-hybridized carbons (Fsp3) is 0.100. The molecule has 0 aliphatic carbocycles. The zero-order chi connectivity index (χ0) is 19.8. The highest BCUT2D eigenvalue weighted by atomic mass is 19.1. The monoisotopic (exact) mass is 377 g/mol. The molecule has 0 fully saturated rings. The van der Waals surface area contributed by atoms with Gasteiger partial charge < -0.3 is 0 Å². The number of benzene rings is 2. The van der Waals surface area contributed by atoms with Crippen LogP contribution in [0.1, 0.15) is 21.5 Å². The minimum atomic E-state index is -0.462. The minimum Gasteiger partial charge on any atom is -0.267 e. The quantitative estimate of drug-likeness (QED) is 0.595. The molecule has 0 bridgehead atoms. The van der Waals surface area contributed by atoms with Gasteiger partial charge in [-0.1, -0.05) is 17.2 Å². The van der Waals surface area contributed by atoms with Crippen LogP contribution in [-0.2, 0) is 0 Å². The van der Waals surface area contributed by atoms with Crippen molar-refractivity contribution in [1.29, 1.82) is 0 Å². The topological polar surface area (TPSA) is 81.8 Å². The second-order valence-electron chi connectivity index (χ2n) is 6.51. The van der Waals surface area contributed by atoms with Crippen LogP contribution < -0.4 is 11.0 Å². The Morgan fingerprint density at radius 1 is 1.07 bits per heavy atom. The molecule has 4 rings (SSSR count). The summed E-state index contributed by atoms with van der Waals surface area (Å²) >= 11 is 0. The van der Waals surface area contributed by atoms with Gasteiger partial charge in [0.15, 0.2) is 5.65 Å². The van der Waals surface area contributed by atoms with Gasteiger partial charge in [-0.25, -0.2) is 18.7 Å². The number of hydrogen-bond acceptors (Lipinski definition) is 4. The average Bonchev–Trinajstić information content (AvgIpc) is 3.08. The van der Waals surface area contributed by atoms with Crippen LogP contribution in [0.2, 0.25) is 0 Å². The second-order valence-corrected chi connectivity index (χ2v) is 6.51. The van der Waals surface area contributed by atoms with Crippen LogP contribution in [0.4, 0.5) is 4.39 Å². The number of nitrogens with one attached hydrogen (secondary N) is 1. The normalized spacial score (nSPS) is 11.0. The van der Waals surface area contributed by atoms with Crippen molar-refractivity contribution in [2.45, 2.75) is 13.8 Å². The summed E-state index contributed by atoms with van der Waals surface area (Å²) in [6, 6.07) is 11.1. The van der Waals surface area contributed by atoms with Gasteiger partial charge in [-0.05, 0) is 50.2 Å². The van der Waals surface area contributed by atoms with Crippen LogP contribution in [-0.4, -0.2) is 25.3 Å². The SMILES string of the molecule is Cc1cc(C)cc(C(=O)Nn2cnc3c(cnn3-c3ccc(F)cc3)c2=O)c1. The van der Waals surface area contributed by atoms with Crippen LogP contribution >= 0.6 is 0 Å². The van der Waals surface area contributed by atoms with Crippen LogP contribution in [0, 0.1) is 19.7 Å². The van der Waals surface area contributed by atoms with E-state index >= 15 is 0 Å². The number of amides is 1. The molecule has 0 radical (unpaired) electrons. The van der Waals surface area contributed by atoms with E-state index in [2.05, 4.69) is 15.5 Å². The highest BCUT2D eigenvalue weighted by molar-refractivity contribution is 6.00. The Morgan fingerprint density at radius 2 is 1.75 bits per heavy atom. The summed E-state index contributed by atoms with van der Waals surface area (Å²) in [4.78, 5) is 29.5. The third kappa shape index (κ3) is 3.16. The van der Waals surface area contributed by atoms with Crippen LogP contribution in [0.15, 0.2) is 59.8 Å². The van der Waals surface area contributed by atoms with Crippen molar-refractivity contribution in [2.75, 3.05) is 5.43 Å². The molecule has 2 aromatic carbocycles. The summed E-state index contributed by atoms with van der Waals surface area (Å²) in [5, 5.41) is 4.39. The number of carbonyl (C=O) groups excluding carboxylic acids is 1. The van der Waals surface area contributed by atoms with E-state index in [-0.39, 0.29) is 11.2 Å². The fourth-order valence-corrected chi connectivity index (χ4v) is 3.04. The molecule has 0 saturated carbocycles. The van der Waals surface area contributed by atoms with E-state index in [0.29, 0.717) is 16.9 Å². The smallest absolute Gasteiger partial charge is 0.267 e. The summed E-state index contributed by atoms with van der Waals surface area (Å²) in [5.74, 6) is -0.786. The highest BCUT2D eigenvalue weighted by Crippen LogP contribution is 2.14. The van der Waals surface area contributed by atoms with E-state index in [1.165, 1.54) is 41.5 Å². The van der Waals surface area contributed by atoms with Gasteiger partial charge in [0.25, 0.3) is 11.5 Å². The minimum absolute atomic E-state index is 0.229. The van der Waals surface area contributed by atoms with Gasteiger partial charge in [0, 0.05) is 5.56 Å². The van der Waals surface area contributed by atoms with E-state index in [9.17, 15) is 14.0 Å². The molecule has 0 unspecified atom stereocenters. The Morgan fingerprint density at radius 3 is 2.43 bits per heavy atom. The second kappa shape index (κ2) is 6.73. The molecule has 4 aromatic rings. The van der Waals surface area contributed by atoms with E-state index in [1.54, 1.807) is 12.1 Å². The average molecular weight is 377 g/mol. The van der Waals surface area contributed by atoms with Crippen LogP contribution in [0.3, 0.4) is 0 Å². The lowest BCUT2D eigenvalue weighted by Crippen LogP contribution is -2.33. The van der Waals surface area contributed by atoms with Gasteiger partial charge in [-0.15, -0.1) is 0 Å². The maximum absolute atomic E-state index is 13.1. The highest BCUT2D eigenvalue weighted by Gasteiger charge is 2.14. The van der Waals surface area contributed by atoms with Crippen molar-refractivity contribution in [2.24, 2.45) is 0 Å². The number of aryl methyl sites for hydroxylation is 2. The number of nitrogens with zero attached hydrogens (tertiary/aromatic N) is 4. The lowest BCUT2D eigenvalue weighted by molar-refractivity contribution is 0.101. The largest absolute Gasteiger partial charge is 0.283 e. The number of fused-ring (bicyclic) bond motifs is 1. The Labute approximate surface area is 159 Å². The molecule has 0 spiro atoms. The summed E-state index contributed by atoms with van der Waals surface area (Å²) in [5.41, 5.74) is 5.32. The molecule has 7 nitrogen and oxygen atoms in total. The maximum Gasteiger partial charge on any atom is 0.283 e. The molecular formula is C20H16FN5O2. The number of aromatic nitrogens is 4. The van der Waals surface area contributed by atoms with Crippen LogP contribution in [0.25, 0.3) is 16.7 Å². The van der Waals surface area contributed by atoms with E-state index in [0.717, 1.165) is 15.8 Å². The number of rotatable bonds is 3. The van der Waals surface area contributed by atoms with Crippen molar-refractivity contribution in [3.05, 3.63) is 87.9 Å². The van der Waals surface area contributed by atoms with Gasteiger partial charge >= 0.3 is 0 Å². The van der Waals surface area contributed by atoms with Crippen molar-refractivity contribution in [3.8, 4) is 5.69 Å². The Kier molecular flexibility index (Phi) is 4.23. The Balaban J connectivity index is 1.70. The molecule has 1 amide bonds. The van der Waals surface area contributed by atoms with Crippen molar-refractivity contribution < 1.29 is 9.18 Å². The van der Waals surface area contributed by atoms with Crippen molar-refractivity contribution in [1.82, 2.24) is 19.4 Å². The number of halogens is 1. The molecular weight excluding hydrogens is 361 g/mol. The third-order valence-electron chi connectivity index (χ3n) is 4.27. The lowest BCUT2D eigenvalue weighted by atomic mass is 10.1. The summed E-state index contributed by atoms with van der Waals surface area (Å²) in [6.45, 7) is 3.79. The van der Waals surface area contributed by atoms with Crippen LogP contribution in [0.5, 0.6) is 0 Å². The van der Waals surface area contributed by atoms with Gasteiger partial charge in [0.05, 0.1) is 11.9 Å². The molecule has 0 aliphatic heterocycles. The van der Waals surface area contributed by atoms with E-state index in [4.69, 9.17) is 0 Å². The predicted octanol–water partition coefficient (Wildman–Crippen LogP) is 2.72. The molecule has 1 N–H and O–H groups in total. The number of carbonyl (C=O) groups is 1. The van der Waals surface area contributed by atoms with Gasteiger partial charge in [0.2, 0.25) is 0 Å². The molecule has 140 valence electrons. The van der Waals surface area contributed by atoms with Gasteiger partial charge in [-0.2, -0.15) is 5.10 Å². The molecule has 8 heteroatoms. The molecule has 0 aliphatic rings. The zero-order valence-corrected chi connectivity index (χ0v) is 15.2. The Bertz CT molecular complexity index is 1240. The molecule has 2 heterocycles. The van der Waals surface area contributed by atoms with E-state index < -0.39 is 11.5 Å². The maximum atomic E-state index is 13.1. The molecule has 28 heavy (non-hydrogen) atoms. The van der Waals surface area contributed by atoms with Gasteiger partial charge in [-0.3, -0.25) is 15.0 Å².